The fraction of sp³-hybridized carbons (Fsp3) is 1.00. The van der Waals surface area contributed by atoms with Crippen LogP contribution in [0.25, 0.3) is 0 Å². The zero-order chi connectivity index (χ0) is 10.1. The number of β-amino-alcohol motifs (C(OH)–C–C–N with tert-alkyl or cyclic N) is 1. The first-order valence-corrected chi connectivity index (χ1v) is 4.85. The average molecular weight is 187 g/mol. The summed E-state index contributed by atoms with van der Waals surface area (Å²) in [6, 6.07) is 0. The molecule has 0 saturated carbocycles. The highest BCUT2D eigenvalue weighted by molar-refractivity contribution is 4.86. The van der Waals surface area contributed by atoms with Crippen molar-refractivity contribution in [3.05, 3.63) is 0 Å². The van der Waals surface area contributed by atoms with Gasteiger partial charge in [-0.05, 0) is 5.41 Å². The third-order valence-corrected chi connectivity index (χ3v) is 2.31. The molecule has 1 saturated heterocycles. The fourth-order valence-corrected chi connectivity index (χ4v) is 1.86. The van der Waals surface area contributed by atoms with E-state index in [2.05, 4.69) is 25.7 Å². The van der Waals surface area contributed by atoms with Gasteiger partial charge in [-0.1, -0.05) is 20.8 Å². The van der Waals surface area contributed by atoms with Gasteiger partial charge in [-0.2, -0.15) is 0 Å². The molecule has 0 bridgehead atoms. The van der Waals surface area contributed by atoms with Crippen LogP contribution in [0.15, 0.2) is 0 Å². The molecule has 1 fully saturated rings. The summed E-state index contributed by atoms with van der Waals surface area (Å²) in [7, 11) is 1.66. The maximum atomic E-state index is 9.59. The number of hydrogen-bond acceptors (Lipinski definition) is 3. The Morgan fingerprint density at radius 1 is 1.38 bits per heavy atom. The molecule has 1 N–H and O–H groups in total. The molecule has 1 aliphatic heterocycles. The highest BCUT2D eigenvalue weighted by Crippen LogP contribution is 2.20. The predicted molar refractivity (Wildman–Crippen MR) is 52.7 cm³/mol. The largest absolute Gasteiger partial charge is 0.389 e. The van der Waals surface area contributed by atoms with E-state index in [1.807, 2.05) is 0 Å². The summed E-state index contributed by atoms with van der Waals surface area (Å²) >= 11 is 0. The Labute approximate surface area is 80.7 Å². The molecule has 3 nitrogen and oxygen atoms in total. The summed E-state index contributed by atoms with van der Waals surface area (Å²) < 4.78 is 5.18. The third kappa shape index (κ3) is 3.25. The first kappa shape index (κ1) is 11.0. The van der Waals surface area contributed by atoms with E-state index in [-0.39, 0.29) is 12.2 Å². The van der Waals surface area contributed by atoms with Crippen molar-refractivity contribution in [1.82, 2.24) is 4.90 Å². The fourth-order valence-electron chi connectivity index (χ4n) is 1.86. The first-order chi connectivity index (χ1) is 5.92. The van der Waals surface area contributed by atoms with E-state index in [1.54, 1.807) is 7.11 Å². The van der Waals surface area contributed by atoms with Gasteiger partial charge in [0.2, 0.25) is 0 Å². The van der Waals surface area contributed by atoms with Gasteiger partial charge in [-0.15, -0.1) is 0 Å². The van der Waals surface area contributed by atoms with Crippen LogP contribution in [0, 0.1) is 5.41 Å². The molecule has 0 amide bonds. The normalized spacial score (nSPS) is 31.2. The lowest BCUT2D eigenvalue weighted by Gasteiger charge is -2.25. The minimum Gasteiger partial charge on any atom is -0.389 e. The molecule has 0 aromatic heterocycles. The van der Waals surface area contributed by atoms with Crippen molar-refractivity contribution in [2.45, 2.75) is 33.0 Å². The van der Waals surface area contributed by atoms with Gasteiger partial charge in [0.25, 0.3) is 0 Å². The lowest BCUT2D eigenvalue weighted by molar-refractivity contribution is 0.0214. The van der Waals surface area contributed by atoms with E-state index in [0.717, 1.165) is 19.6 Å². The number of rotatable bonds is 2. The van der Waals surface area contributed by atoms with Crippen LogP contribution in [-0.4, -0.2) is 49.0 Å². The Balaban J connectivity index is 2.40. The maximum Gasteiger partial charge on any atom is 0.0969 e. The number of aliphatic hydroxyl groups is 1. The number of hydrogen-bond donors (Lipinski definition) is 1. The SMILES string of the molecule is CO[C@@H]1CN(CC(C)(C)C)C[C@@H]1O. The minimum atomic E-state index is -0.313. The Kier molecular flexibility index (Phi) is 3.33. The second-order valence-electron chi connectivity index (χ2n) is 5.10. The molecule has 1 heterocycles. The summed E-state index contributed by atoms with van der Waals surface area (Å²) in [6.07, 6.45) is -0.310. The van der Waals surface area contributed by atoms with Crippen molar-refractivity contribution in [2.75, 3.05) is 26.7 Å². The van der Waals surface area contributed by atoms with Crippen molar-refractivity contribution < 1.29 is 9.84 Å². The van der Waals surface area contributed by atoms with Gasteiger partial charge < -0.3 is 9.84 Å². The smallest absolute Gasteiger partial charge is 0.0969 e. The van der Waals surface area contributed by atoms with Crippen molar-refractivity contribution >= 4 is 0 Å². The molecule has 0 radical (unpaired) electrons. The topological polar surface area (TPSA) is 32.7 Å². The highest BCUT2D eigenvalue weighted by atomic mass is 16.5. The average Bonchev–Trinajstić information content (AvgIpc) is 2.26. The summed E-state index contributed by atoms with van der Waals surface area (Å²) in [5, 5.41) is 9.59. The zero-order valence-electron chi connectivity index (χ0n) is 9.08. The molecular weight excluding hydrogens is 166 g/mol. The van der Waals surface area contributed by atoms with Crippen molar-refractivity contribution in [1.29, 1.82) is 0 Å². The molecule has 0 unspecified atom stereocenters. The Bertz CT molecular complexity index is 165. The van der Waals surface area contributed by atoms with Crippen molar-refractivity contribution in [3.63, 3.8) is 0 Å². The standard InChI is InChI=1S/C10H21NO2/c1-10(2,3)7-11-5-8(12)9(6-11)13-4/h8-9,12H,5-7H2,1-4H3/t8-,9+/m0/s1. The lowest BCUT2D eigenvalue weighted by Crippen LogP contribution is -2.31. The van der Waals surface area contributed by atoms with E-state index in [4.69, 9.17) is 4.74 Å². The van der Waals surface area contributed by atoms with Gasteiger partial charge in [-0.25, -0.2) is 0 Å². The van der Waals surface area contributed by atoms with Crippen LogP contribution in [0.2, 0.25) is 0 Å². The van der Waals surface area contributed by atoms with Gasteiger partial charge in [0.15, 0.2) is 0 Å². The minimum absolute atomic E-state index is 0.00218. The van der Waals surface area contributed by atoms with Crippen molar-refractivity contribution in [2.24, 2.45) is 5.41 Å². The molecule has 1 rings (SSSR count). The van der Waals surface area contributed by atoms with Gasteiger partial charge in [0, 0.05) is 26.7 Å². The summed E-state index contributed by atoms with van der Waals surface area (Å²) in [4.78, 5) is 2.26. The van der Waals surface area contributed by atoms with Crippen LogP contribution in [0.4, 0.5) is 0 Å². The third-order valence-electron chi connectivity index (χ3n) is 2.31. The van der Waals surface area contributed by atoms with Gasteiger partial charge in [0.05, 0.1) is 12.2 Å². The molecule has 0 aromatic rings. The summed E-state index contributed by atoms with van der Waals surface area (Å²) in [5.74, 6) is 0. The van der Waals surface area contributed by atoms with E-state index in [1.165, 1.54) is 0 Å². The van der Waals surface area contributed by atoms with E-state index in [9.17, 15) is 5.11 Å². The number of methoxy groups -OCH3 is 1. The van der Waals surface area contributed by atoms with Crippen molar-refractivity contribution in [3.8, 4) is 0 Å². The second-order valence-corrected chi connectivity index (χ2v) is 5.10. The predicted octanol–water partition coefficient (Wildman–Crippen LogP) is 0.724. The van der Waals surface area contributed by atoms with Crippen LogP contribution < -0.4 is 0 Å². The zero-order valence-corrected chi connectivity index (χ0v) is 9.08. The Hall–Kier alpha value is -0.120. The number of likely N-dealkylation sites (tertiary alicyclic amines) is 1. The molecular formula is C10H21NO2. The first-order valence-electron chi connectivity index (χ1n) is 4.85. The van der Waals surface area contributed by atoms with Crippen LogP contribution in [0.3, 0.4) is 0 Å². The molecule has 13 heavy (non-hydrogen) atoms. The molecule has 0 aliphatic carbocycles. The molecule has 0 spiro atoms. The summed E-state index contributed by atoms with van der Waals surface area (Å²) in [5.41, 5.74) is 0.294. The quantitative estimate of drug-likeness (QED) is 0.691. The van der Waals surface area contributed by atoms with E-state index in [0.29, 0.717) is 5.41 Å². The van der Waals surface area contributed by atoms with Gasteiger partial charge >= 0.3 is 0 Å². The lowest BCUT2D eigenvalue weighted by atomic mass is 9.96. The summed E-state index contributed by atoms with van der Waals surface area (Å²) in [6.45, 7) is 9.24. The van der Waals surface area contributed by atoms with E-state index < -0.39 is 0 Å². The molecule has 0 aromatic carbocycles. The molecule has 1 aliphatic rings. The Morgan fingerprint density at radius 2 is 2.00 bits per heavy atom. The van der Waals surface area contributed by atoms with Gasteiger partial charge in [-0.3, -0.25) is 4.90 Å². The molecule has 3 heteroatoms. The molecule has 2 atom stereocenters. The number of ether oxygens (including phenoxy) is 1. The monoisotopic (exact) mass is 187 g/mol. The second kappa shape index (κ2) is 3.95. The number of nitrogens with zero attached hydrogens (tertiary/aromatic N) is 1. The van der Waals surface area contributed by atoms with Gasteiger partial charge in [0.1, 0.15) is 0 Å². The van der Waals surface area contributed by atoms with Crippen LogP contribution >= 0.6 is 0 Å². The van der Waals surface area contributed by atoms with Crippen LogP contribution in [0.1, 0.15) is 20.8 Å². The van der Waals surface area contributed by atoms with Crippen LogP contribution in [-0.2, 0) is 4.74 Å². The Morgan fingerprint density at radius 3 is 2.38 bits per heavy atom. The van der Waals surface area contributed by atoms with E-state index >= 15 is 0 Å². The van der Waals surface area contributed by atoms with Crippen LogP contribution in [0.5, 0.6) is 0 Å². The number of aliphatic hydroxyl groups excluding tert-OH is 1. The maximum absolute atomic E-state index is 9.59. The highest BCUT2D eigenvalue weighted by Gasteiger charge is 2.32. The molecule has 78 valence electrons.